The molecule has 11 heteroatoms. The molecule has 4 aromatic rings. The number of nitrogens with zero attached hydrogens (tertiary/aromatic N) is 4. The molecule has 0 saturated heterocycles. The van der Waals surface area contributed by atoms with Gasteiger partial charge >= 0.3 is 12.0 Å². The number of para-hydroxylation sites is 1. The van der Waals surface area contributed by atoms with Crippen LogP contribution in [0.25, 0.3) is 11.2 Å². The second-order valence-electron chi connectivity index (χ2n) is 6.51. The maximum Gasteiger partial charge on any atom is 0.338 e. The number of esters is 1. The normalized spacial score (nSPS) is 10.9. The van der Waals surface area contributed by atoms with Gasteiger partial charge in [0.1, 0.15) is 5.52 Å². The Morgan fingerprint density at radius 3 is 2.56 bits per heavy atom. The number of nitrogens with one attached hydrogen (secondary N) is 1. The number of methoxy groups -OCH3 is 1. The van der Waals surface area contributed by atoms with Crippen LogP contribution < -0.4 is 10.1 Å². The molecule has 1 N–H and O–H groups in total. The number of fused-ring (bicyclic) bond motifs is 1. The van der Waals surface area contributed by atoms with E-state index >= 15 is 0 Å². The zero-order valence-corrected chi connectivity index (χ0v) is 17.7. The van der Waals surface area contributed by atoms with Crippen molar-refractivity contribution >= 4 is 40.4 Å². The molecule has 0 atom stereocenters. The van der Waals surface area contributed by atoms with Crippen molar-refractivity contribution in [3.8, 4) is 11.8 Å². The summed E-state index contributed by atoms with van der Waals surface area (Å²) >= 11 is 6.21. The third kappa shape index (κ3) is 4.04. The lowest BCUT2D eigenvalue weighted by atomic mass is 10.2. The van der Waals surface area contributed by atoms with Crippen LogP contribution in [-0.4, -0.2) is 32.6 Å². The van der Waals surface area contributed by atoms with Crippen LogP contribution >= 0.6 is 11.6 Å². The number of carbonyl (C=O) groups is 1. The minimum absolute atomic E-state index is 0.287. The molecular formula is C21H16ClF2N5O3. The first kappa shape index (κ1) is 21.4. The van der Waals surface area contributed by atoms with E-state index in [-0.39, 0.29) is 11.6 Å². The van der Waals surface area contributed by atoms with Gasteiger partial charge in [-0.3, -0.25) is 4.57 Å². The molecule has 0 aliphatic rings. The van der Waals surface area contributed by atoms with Crippen LogP contribution in [0.3, 0.4) is 0 Å². The molecule has 2 aromatic heterocycles. The maximum atomic E-state index is 14.4. The number of hydrogen-bond donors (Lipinski definition) is 1. The summed E-state index contributed by atoms with van der Waals surface area (Å²) in [5.41, 5.74) is 1.19. The van der Waals surface area contributed by atoms with E-state index in [0.29, 0.717) is 34.4 Å². The zero-order chi connectivity index (χ0) is 22.8. The van der Waals surface area contributed by atoms with E-state index in [1.165, 1.54) is 6.20 Å². The number of anilines is 2. The molecule has 0 unspecified atom stereocenters. The van der Waals surface area contributed by atoms with Gasteiger partial charge in [0, 0.05) is 6.54 Å². The maximum absolute atomic E-state index is 14.4. The lowest BCUT2D eigenvalue weighted by molar-refractivity contribution is 0.0599. The summed E-state index contributed by atoms with van der Waals surface area (Å²) in [7, 11) is 1.11. The lowest BCUT2D eigenvalue weighted by Crippen LogP contribution is -2.05. The number of halogens is 3. The highest BCUT2D eigenvalue weighted by Gasteiger charge is 2.20. The number of rotatable bonds is 6. The average Bonchev–Trinajstić information content (AvgIpc) is 3.13. The Morgan fingerprint density at radius 1 is 1.19 bits per heavy atom. The average molecular weight is 460 g/mol. The third-order valence-corrected chi connectivity index (χ3v) is 4.84. The first-order valence-corrected chi connectivity index (χ1v) is 9.79. The molecule has 0 aliphatic carbocycles. The first-order valence-electron chi connectivity index (χ1n) is 9.41. The number of hydrogen-bond acceptors (Lipinski definition) is 7. The molecule has 164 valence electrons. The summed E-state index contributed by atoms with van der Waals surface area (Å²) in [6.07, 6.45) is 1.38. The molecule has 32 heavy (non-hydrogen) atoms. The van der Waals surface area contributed by atoms with E-state index in [9.17, 15) is 13.6 Å². The molecular weight excluding hydrogens is 444 g/mol. The Morgan fingerprint density at radius 2 is 1.91 bits per heavy atom. The Kier molecular flexibility index (Phi) is 5.87. The first-order chi connectivity index (χ1) is 15.4. The highest BCUT2D eigenvalue weighted by Crippen LogP contribution is 2.30. The molecule has 2 aromatic carbocycles. The Balaban J connectivity index is 1.68. The van der Waals surface area contributed by atoms with Crippen LogP contribution in [0.15, 0.2) is 42.6 Å². The molecule has 0 spiro atoms. The molecule has 0 bridgehead atoms. The van der Waals surface area contributed by atoms with Gasteiger partial charge in [-0.15, -0.1) is 0 Å². The highest BCUT2D eigenvalue weighted by atomic mass is 35.5. The second-order valence-corrected chi connectivity index (χ2v) is 6.92. The number of carbonyl (C=O) groups excluding carboxylic acids is 1. The lowest BCUT2D eigenvalue weighted by Gasteiger charge is -2.10. The fourth-order valence-corrected chi connectivity index (χ4v) is 3.20. The van der Waals surface area contributed by atoms with E-state index in [1.807, 2.05) is 13.0 Å². The Labute approximate surface area is 185 Å². The minimum atomic E-state index is -1.10. The zero-order valence-electron chi connectivity index (χ0n) is 16.9. The van der Waals surface area contributed by atoms with Crippen LogP contribution in [0, 0.1) is 11.6 Å². The van der Waals surface area contributed by atoms with Gasteiger partial charge in [-0.1, -0.05) is 23.7 Å². The van der Waals surface area contributed by atoms with Crippen molar-refractivity contribution in [1.29, 1.82) is 0 Å². The van der Waals surface area contributed by atoms with E-state index in [1.54, 1.807) is 22.8 Å². The molecule has 0 saturated carbocycles. The van der Waals surface area contributed by atoms with Gasteiger partial charge < -0.3 is 14.8 Å². The molecule has 0 fully saturated rings. The summed E-state index contributed by atoms with van der Waals surface area (Å²) in [6.45, 7) is 2.36. The van der Waals surface area contributed by atoms with Crippen LogP contribution in [-0.2, 0) is 11.3 Å². The van der Waals surface area contributed by atoms with Crippen molar-refractivity contribution in [2.24, 2.45) is 0 Å². The van der Waals surface area contributed by atoms with Crippen LogP contribution in [0.2, 0.25) is 5.02 Å². The number of imidazole rings is 1. The third-order valence-electron chi connectivity index (χ3n) is 4.51. The summed E-state index contributed by atoms with van der Waals surface area (Å²) in [5.74, 6) is -3.36. The fourth-order valence-electron chi connectivity index (χ4n) is 3.01. The SMILES string of the molecule is CCn1c(Nc2ccccc2Cl)nc2cnc(Oc3c(F)cc(C(=O)OC)cc3F)nc21. The monoisotopic (exact) mass is 459 g/mol. The van der Waals surface area contributed by atoms with Crippen molar-refractivity contribution in [3.63, 3.8) is 0 Å². The summed E-state index contributed by atoms with van der Waals surface area (Å²) in [5, 5.41) is 3.65. The number of ether oxygens (including phenoxy) is 2. The Hall–Kier alpha value is -3.79. The molecule has 0 amide bonds. The van der Waals surface area contributed by atoms with Gasteiger partial charge in [-0.2, -0.15) is 4.98 Å². The van der Waals surface area contributed by atoms with Crippen LogP contribution in [0.4, 0.5) is 20.4 Å². The second kappa shape index (κ2) is 8.75. The van der Waals surface area contributed by atoms with Crippen LogP contribution in [0.5, 0.6) is 11.8 Å². The summed E-state index contributed by atoms with van der Waals surface area (Å²) in [4.78, 5) is 24.2. The molecule has 4 rings (SSSR count). The minimum Gasteiger partial charge on any atom is -0.465 e. The van der Waals surface area contributed by atoms with Crippen LogP contribution in [0.1, 0.15) is 17.3 Å². The van der Waals surface area contributed by atoms with E-state index in [0.717, 1.165) is 19.2 Å². The van der Waals surface area contributed by atoms with Gasteiger partial charge in [0.05, 0.1) is 29.6 Å². The fraction of sp³-hybridized carbons (Fsp3) is 0.143. The predicted octanol–water partition coefficient (Wildman–Crippen LogP) is 5.10. The van der Waals surface area contributed by atoms with Crippen molar-refractivity contribution in [1.82, 2.24) is 19.5 Å². The van der Waals surface area contributed by atoms with Gasteiger partial charge in [0.15, 0.2) is 17.3 Å². The largest absolute Gasteiger partial charge is 0.465 e. The van der Waals surface area contributed by atoms with Crippen molar-refractivity contribution in [2.45, 2.75) is 13.5 Å². The van der Waals surface area contributed by atoms with Gasteiger partial charge in [-0.25, -0.2) is 23.5 Å². The highest BCUT2D eigenvalue weighted by molar-refractivity contribution is 6.33. The molecule has 0 radical (unpaired) electrons. The van der Waals surface area contributed by atoms with Gasteiger partial charge in [0.2, 0.25) is 11.7 Å². The van der Waals surface area contributed by atoms with Crippen molar-refractivity contribution in [3.05, 3.63) is 64.8 Å². The standard InChI is InChI=1S/C21H16ClF2N5O3/c1-3-29-18-16(27-20(29)26-15-7-5-4-6-12(15)22)10-25-21(28-18)32-17-13(23)8-11(9-14(17)24)19(30)31-2/h4-10H,3H2,1-2H3,(H,26,27). The molecule has 0 aliphatic heterocycles. The van der Waals surface area contributed by atoms with Gasteiger partial charge in [0.25, 0.3) is 0 Å². The van der Waals surface area contributed by atoms with Gasteiger partial charge in [-0.05, 0) is 31.2 Å². The van der Waals surface area contributed by atoms with Crippen molar-refractivity contribution in [2.75, 3.05) is 12.4 Å². The molecule has 2 heterocycles. The van der Waals surface area contributed by atoms with Crippen molar-refractivity contribution < 1.29 is 23.0 Å². The summed E-state index contributed by atoms with van der Waals surface area (Å²) in [6, 6.07) is 8.50. The molecule has 8 nitrogen and oxygen atoms in total. The Bertz CT molecular complexity index is 1310. The topological polar surface area (TPSA) is 91.2 Å². The number of benzene rings is 2. The quantitative estimate of drug-likeness (QED) is 0.401. The van der Waals surface area contributed by atoms with E-state index in [4.69, 9.17) is 16.3 Å². The predicted molar refractivity (Wildman–Crippen MR) is 114 cm³/mol. The van der Waals surface area contributed by atoms with E-state index in [2.05, 4.69) is 25.0 Å². The van der Waals surface area contributed by atoms with E-state index < -0.39 is 23.4 Å². The number of aromatic nitrogens is 4. The smallest absolute Gasteiger partial charge is 0.338 e. The number of aryl methyl sites for hydroxylation is 1. The summed E-state index contributed by atoms with van der Waals surface area (Å²) < 4.78 is 40.2.